The van der Waals surface area contributed by atoms with Gasteiger partial charge in [-0.05, 0) is 32.2 Å². The van der Waals surface area contributed by atoms with E-state index in [2.05, 4.69) is 5.32 Å². The number of hydrogen-bond donors (Lipinski definition) is 2. The molecule has 1 saturated heterocycles. The highest BCUT2D eigenvalue weighted by Gasteiger charge is 2.35. The summed E-state index contributed by atoms with van der Waals surface area (Å²) in [6.45, 7) is 1.16. The second-order valence-corrected chi connectivity index (χ2v) is 3.51. The second-order valence-electron chi connectivity index (χ2n) is 3.51. The summed E-state index contributed by atoms with van der Waals surface area (Å²) in [7, 11) is 0. The van der Waals surface area contributed by atoms with Crippen LogP contribution in [0.15, 0.2) is 0 Å². The van der Waals surface area contributed by atoms with Crippen LogP contribution in [0.4, 0.5) is 0 Å². The molecule has 0 aromatic carbocycles. The molecule has 0 amide bonds. The average Bonchev–Trinajstić information content (AvgIpc) is 2.34. The number of nitrogens with one attached hydrogen (secondary N) is 1. The highest BCUT2D eigenvalue weighted by Crippen LogP contribution is 2.31. The van der Waals surface area contributed by atoms with Gasteiger partial charge < -0.3 is 10.4 Å². The first kappa shape index (κ1) is 6.62. The molecule has 1 heterocycles. The Bertz CT molecular complexity index is 124. The summed E-state index contributed by atoms with van der Waals surface area (Å²) in [5.41, 5.74) is 0. The van der Waals surface area contributed by atoms with Crippen LogP contribution in [0, 0.1) is 5.92 Å². The molecule has 1 aliphatic carbocycles. The Kier molecular flexibility index (Phi) is 1.66. The molecule has 3 atom stereocenters. The Labute approximate surface area is 61.6 Å². The van der Waals surface area contributed by atoms with E-state index in [0.29, 0.717) is 12.0 Å². The van der Waals surface area contributed by atoms with Gasteiger partial charge in [-0.2, -0.15) is 0 Å². The predicted octanol–water partition coefficient (Wildman–Crippen LogP) is 0.509. The first-order valence-corrected chi connectivity index (χ1v) is 4.29. The van der Waals surface area contributed by atoms with Crippen molar-refractivity contribution in [2.45, 2.75) is 37.8 Å². The highest BCUT2D eigenvalue weighted by atomic mass is 16.3. The van der Waals surface area contributed by atoms with E-state index in [9.17, 15) is 5.11 Å². The molecule has 10 heavy (non-hydrogen) atoms. The first-order chi connectivity index (χ1) is 4.88. The molecule has 1 saturated carbocycles. The number of piperidine rings is 1. The molecule has 1 aliphatic heterocycles. The minimum atomic E-state index is -0.00204. The van der Waals surface area contributed by atoms with Crippen molar-refractivity contribution >= 4 is 0 Å². The number of fused-ring (bicyclic) bond motifs is 1. The van der Waals surface area contributed by atoms with Crippen molar-refractivity contribution in [2.75, 3.05) is 6.54 Å². The van der Waals surface area contributed by atoms with Gasteiger partial charge in [0.1, 0.15) is 0 Å². The molecular formula is C8H15NO. The summed E-state index contributed by atoms with van der Waals surface area (Å²) in [5, 5.41) is 12.9. The van der Waals surface area contributed by atoms with Gasteiger partial charge in [0.25, 0.3) is 0 Å². The number of rotatable bonds is 0. The molecule has 2 rings (SSSR count). The summed E-state index contributed by atoms with van der Waals surface area (Å²) in [6, 6.07) is 0.642. The minimum absolute atomic E-state index is 0.00204. The van der Waals surface area contributed by atoms with Crippen molar-refractivity contribution in [3.05, 3.63) is 0 Å². The van der Waals surface area contributed by atoms with Crippen molar-refractivity contribution in [1.29, 1.82) is 0 Å². The fourth-order valence-corrected chi connectivity index (χ4v) is 2.32. The van der Waals surface area contributed by atoms with Crippen molar-refractivity contribution in [2.24, 2.45) is 5.92 Å². The van der Waals surface area contributed by atoms with Gasteiger partial charge in [-0.25, -0.2) is 0 Å². The number of aliphatic hydroxyl groups is 1. The van der Waals surface area contributed by atoms with Gasteiger partial charge in [0.15, 0.2) is 0 Å². The van der Waals surface area contributed by atoms with Crippen molar-refractivity contribution in [1.82, 2.24) is 5.32 Å². The first-order valence-electron chi connectivity index (χ1n) is 4.29. The van der Waals surface area contributed by atoms with Crippen molar-refractivity contribution in [3.8, 4) is 0 Å². The Morgan fingerprint density at radius 1 is 1.20 bits per heavy atom. The van der Waals surface area contributed by atoms with Crippen LogP contribution in [0.25, 0.3) is 0 Å². The Morgan fingerprint density at radius 2 is 2.10 bits per heavy atom. The topological polar surface area (TPSA) is 32.3 Å². The molecule has 0 aromatic rings. The highest BCUT2D eigenvalue weighted by molar-refractivity contribution is 4.91. The summed E-state index contributed by atoms with van der Waals surface area (Å²) < 4.78 is 0. The lowest BCUT2D eigenvalue weighted by Crippen LogP contribution is -2.40. The van der Waals surface area contributed by atoms with Gasteiger partial charge in [-0.1, -0.05) is 0 Å². The van der Waals surface area contributed by atoms with E-state index in [0.717, 1.165) is 13.0 Å². The van der Waals surface area contributed by atoms with Crippen molar-refractivity contribution < 1.29 is 5.11 Å². The van der Waals surface area contributed by atoms with E-state index in [-0.39, 0.29) is 6.10 Å². The van der Waals surface area contributed by atoms with Gasteiger partial charge >= 0.3 is 0 Å². The third-order valence-corrected chi connectivity index (χ3v) is 2.91. The molecule has 0 radical (unpaired) electrons. The lowest BCUT2D eigenvalue weighted by Gasteiger charge is -2.27. The fourth-order valence-electron chi connectivity index (χ4n) is 2.32. The molecular weight excluding hydrogens is 126 g/mol. The molecule has 3 unspecified atom stereocenters. The molecule has 0 aromatic heterocycles. The lowest BCUT2D eigenvalue weighted by molar-refractivity contribution is 0.108. The molecule has 58 valence electrons. The molecule has 2 fully saturated rings. The van der Waals surface area contributed by atoms with E-state index in [4.69, 9.17) is 0 Å². The minimum Gasteiger partial charge on any atom is -0.393 e. The standard InChI is InChI=1S/C8H15NO/c10-8-4-3-7-6(8)2-1-5-9-7/h6-10H,1-5H2. The van der Waals surface area contributed by atoms with Crippen LogP contribution in [-0.4, -0.2) is 23.8 Å². The zero-order chi connectivity index (χ0) is 6.97. The maximum atomic E-state index is 9.48. The van der Waals surface area contributed by atoms with Crippen LogP contribution in [0.3, 0.4) is 0 Å². The van der Waals surface area contributed by atoms with E-state index in [1.165, 1.54) is 19.3 Å². The van der Waals surface area contributed by atoms with Crippen LogP contribution >= 0.6 is 0 Å². The van der Waals surface area contributed by atoms with Gasteiger partial charge in [-0.15, -0.1) is 0 Å². The molecule has 2 N–H and O–H groups in total. The maximum Gasteiger partial charge on any atom is 0.0583 e. The van der Waals surface area contributed by atoms with E-state index < -0.39 is 0 Å². The summed E-state index contributed by atoms with van der Waals surface area (Å²) in [4.78, 5) is 0. The van der Waals surface area contributed by atoms with Crippen LogP contribution in [0.2, 0.25) is 0 Å². The Hall–Kier alpha value is -0.0800. The molecule has 2 aliphatic rings. The monoisotopic (exact) mass is 141 g/mol. The zero-order valence-electron chi connectivity index (χ0n) is 6.21. The quantitative estimate of drug-likeness (QED) is 0.515. The van der Waals surface area contributed by atoms with Crippen LogP contribution in [0.5, 0.6) is 0 Å². The van der Waals surface area contributed by atoms with Crippen molar-refractivity contribution in [3.63, 3.8) is 0 Å². The van der Waals surface area contributed by atoms with Crippen LogP contribution in [0.1, 0.15) is 25.7 Å². The Balaban J connectivity index is 2.01. The van der Waals surface area contributed by atoms with Gasteiger partial charge in [0.2, 0.25) is 0 Å². The number of hydrogen-bond acceptors (Lipinski definition) is 2. The van der Waals surface area contributed by atoms with Gasteiger partial charge in [0, 0.05) is 12.0 Å². The zero-order valence-corrected chi connectivity index (χ0v) is 6.21. The van der Waals surface area contributed by atoms with Gasteiger partial charge in [0.05, 0.1) is 6.10 Å². The van der Waals surface area contributed by atoms with Crippen LogP contribution < -0.4 is 5.32 Å². The van der Waals surface area contributed by atoms with E-state index >= 15 is 0 Å². The third-order valence-electron chi connectivity index (χ3n) is 2.91. The molecule has 2 nitrogen and oxygen atoms in total. The summed E-state index contributed by atoms with van der Waals surface area (Å²) in [5.74, 6) is 0.578. The molecule has 0 bridgehead atoms. The second kappa shape index (κ2) is 2.51. The van der Waals surface area contributed by atoms with Gasteiger partial charge in [-0.3, -0.25) is 0 Å². The number of aliphatic hydroxyl groups excluding tert-OH is 1. The third kappa shape index (κ3) is 0.956. The summed E-state index contributed by atoms with van der Waals surface area (Å²) >= 11 is 0. The predicted molar refractivity (Wildman–Crippen MR) is 39.8 cm³/mol. The largest absolute Gasteiger partial charge is 0.393 e. The molecule has 2 heteroatoms. The summed E-state index contributed by atoms with van der Waals surface area (Å²) in [6.07, 6.45) is 4.68. The Morgan fingerprint density at radius 3 is 2.90 bits per heavy atom. The lowest BCUT2D eigenvalue weighted by atomic mass is 9.92. The molecule has 0 spiro atoms. The smallest absolute Gasteiger partial charge is 0.0583 e. The fraction of sp³-hybridized carbons (Fsp3) is 1.00. The van der Waals surface area contributed by atoms with Crippen LogP contribution in [-0.2, 0) is 0 Å². The SMILES string of the molecule is OC1CCC2NCCCC12. The van der Waals surface area contributed by atoms with E-state index in [1.54, 1.807) is 0 Å². The average molecular weight is 141 g/mol. The maximum absolute atomic E-state index is 9.48. The van der Waals surface area contributed by atoms with E-state index in [1.807, 2.05) is 0 Å². The normalized spacial score (nSPS) is 47.1.